The second-order valence-corrected chi connectivity index (χ2v) is 6.12. The fourth-order valence-electron chi connectivity index (χ4n) is 3.44. The van der Waals surface area contributed by atoms with Crippen molar-refractivity contribution in [3.63, 3.8) is 0 Å². The van der Waals surface area contributed by atoms with Crippen LogP contribution in [0.2, 0.25) is 0 Å². The summed E-state index contributed by atoms with van der Waals surface area (Å²) in [5, 5.41) is 6.51. The maximum absolute atomic E-state index is 12.4. The summed E-state index contributed by atoms with van der Waals surface area (Å²) < 4.78 is 0. The first kappa shape index (κ1) is 14.8. The molecule has 2 saturated heterocycles. The number of hydrogen-bond acceptors (Lipinski definition) is 3. The Morgan fingerprint density at radius 2 is 2.16 bits per heavy atom. The van der Waals surface area contributed by atoms with E-state index >= 15 is 0 Å². The molecule has 0 radical (unpaired) electrons. The Kier molecular flexibility index (Phi) is 5.64. The van der Waals surface area contributed by atoms with E-state index in [0.717, 1.165) is 51.9 Å². The van der Waals surface area contributed by atoms with Crippen molar-refractivity contribution < 1.29 is 4.79 Å². The van der Waals surface area contributed by atoms with Gasteiger partial charge >= 0.3 is 0 Å². The highest BCUT2D eigenvalue weighted by Crippen LogP contribution is 2.31. The van der Waals surface area contributed by atoms with Crippen LogP contribution in [0.15, 0.2) is 0 Å². The van der Waals surface area contributed by atoms with E-state index < -0.39 is 0 Å². The summed E-state index contributed by atoms with van der Waals surface area (Å²) in [5.74, 6) is 0.278. The Balaban J connectivity index is 1.67. The molecule has 19 heavy (non-hydrogen) atoms. The summed E-state index contributed by atoms with van der Waals surface area (Å²) in [7, 11) is 0. The van der Waals surface area contributed by atoms with Crippen molar-refractivity contribution in [3.05, 3.63) is 0 Å². The molecule has 2 rings (SSSR count). The lowest BCUT2D eigenvalue weighted by molar-refractivity contribution is -0.130. The highest BCUT2D eigenvalue weighted by Gasteiger charge is 2.39. The molecule has 4 nitrogen and oxygen atoms in total. The normalized spacial score (nSPS) is 27.8. The number of nitrogens with zero attached hydrogens (tertiary/aromatic N) is 1. The zero-order valence-corrected chi connectivity index (χ0v) is 12.3. The molecule has 1 unspecified atom stereocenters. The topological polar surface area (TPSA) is 44.4 Å². The van der Waals surface area contributed by atoms with E-state index in [4.69, 9.17) is 0 Å². The molecule has 1 atom stereocenters. The summed E-state index contributed by atoms with van der Waals surface area (Å²) in [6, 6.07) is 0. The minimum atomic E-state index is -0.123. The third kappa shape index (κ3) is 3.93. The van der Waals surface area contributed by atoms with Gasteiger partial charge in [-0.15, -0.1) is 0 Å². The Labute approximate surface area is 117 Å². The predicted octanol–water partition coefficient (Wildman–Crippen LogP) is 1.37. The maximum atomic E-state index is 12.4. The van der Waals surface area contributed by atoms with Gasteiger partial charge in [0, 0.05) is 13.1 Å². The molecule has 110 valence electrons. The molecule has 1 amide bonds. The number of nitrogens with one attached hydrogen (secondary N) is 2. The minimum Gasteiger partial charge on any atom is -0.356 e. The number of carbonyl (C=O) groups excluding carboxylic acids is 1. The van der Waals surface area contributed by atoms with E-state index in [1.165, 1.54) is 25.9 Å². The quantitative estimate of drug-likeness (QED) is 0.685. The highest BCUT2D eigenvalue weighted by atomic mass is 16.2. The molecule has 0 aliphatic carbocycles. The van der Waals surface area contributed by atoms with Gasteiger partial charge in [-0.3, -0.25) is 4.79 Å². The van der Waals surface area contributed by atoms with E-state index in [9.17, 15) is 4.79 Å². The first-order valence-electron chi connectivity index (χ1n) is 7.98. The van der Waals surface area contributed by atoms with Gasteiger partial charge in [-0.25, -0.2) is 0 Å². The lowest BCUT2D eigenvalue weighted by Gasteiger charge is -2.26. The van der Waals surface area contributed by atoms with Crippen LogP contribution in [0.25, 0.3) is 0 Å². The molecular weight excluding hydrogens is 238 g/mol. The average Bonchev–Trinajstić information content (AvgIpc) is 3.06. The van der Waals surface area contributed by atoms with Gasteiger partial charge in [0.15, 0.2) is 0 Å². The number of hydrogen-bond donors (Lipinski definition) is 2. The van der Waals surface area contributed by atoms with E-state index in [2.05, 4.69) is 22.5 Å². The molecule has 0 bridgehead atoms. The molecule has 0 spiro atoms. The summed E-state index contributed by atoms with van der Waals surface area (Å²) in [6.45, 7) is 8.48. The van der Waals surface area contributed by atoms with Crippen LogP contribution in [0.1, 0.15) is 45.4 Å². The highest BCUT2D eigenvalue weighted by molar-refractivity contribution is 5.83. The molecule has 2 heterocycles. The smallest absolute Gasteiger partial charge is 0.227 e. The monoisotopic (exact) mass is 267 g/mol. The Bertz CT molecular complexity index is 281. The van der Waals surface area contributed by atoms with E-state index in [-0.39, 0.29) is 11.3 Å². The van der Waals surface area contributed by atoms with Crippen molar-refractivity contribution in [1.29, 1.82) is 0 Å². The van der Waals surface area contributed by atoms with Crippen molar-refractivity contribution in [2.24, 2.45) is 5.41 Å². The number of rotatable bonds is 7. The third-order valence-corrected chi connectivity index (χ3v) is 4.59. The van der Waals surface area contributed by atoms with Gasteiger partial charge in [0.25, 0.3) is 0 Å². The van der Waals surface area contributed by atoms with Crippen LogP contribution in [-0.2, 0) is 4.79 Å². The van der Waals surface area contributed by atoms with Gasteiger partial charge in [-0.2, -0.15) is 0 Å². The van der Waals surface area contributed by atoms with Crippen molar-refractivity contribution >= 4 is 5.91 Å². The first-order valence-corrected chi connectivity index (χ1v) is 7.98. The molecule has 0 saturated carbocycles. The summed E-state index contributed by atoms with van der Waals surface area (Å²) in [5.41, 5.74) is -0.123. The molecule has 2 aliphatic rings. The fourth-order valence-corrected chi connectivity index (χ4v) is 3.44. The summed E-state index contributed by atoms with van der Waals surface area (Å²) in [6.07, 6.45) is 6.87. The largest absolute Gasteiger partial charge is 0.356 e. The number of likely N-dealkylation sites (tertiary alicyclic amines) is 1. The van der Waals surface area contributed by atoms with Gasteiger partial charge in [-0.1, -0.05) is 13.3 Å². The van der Waals surface area contributed by atoms with Crippen molar-refractivity contribution in [2.45, 2.75) is 45.4 Å². The molecule has 0 aromatic heterocycles. The molecule has 0 aromatic carbocycles. The fraction of sp³-hybridized carbons (Fsp3) is 0.933. The Morgan fingerprint density at radius 3 is 2.79 bits per heavy atom. The Morgan fingerprint density at radius 1 is 1.37 bits per heavy atom. The van der Waals surface area contributed by atoms with Crippen LogP contribution in [0.5, 0.6) is 0 Å². The average molecular weight is 267 g/mol. The standard InChI is InChI=1S/C15H29N3O/c1-2-6-15(7-9-16-13-15)14(19)17-8-5-12-18-10-3-4-11-18/h16H,2-13H2,1H3,(H,17,19). The lowest BCUT2D eigenvalue weighted by atomic mass is 9.81. The maximum Gasteiger partial charge on any atom is 0.227 e. The van der Waals surface area contributed by atoms with Gasteiger partial charge in [0.1, 0.15) is 0 Å². The minimum absolute atomic E-state index is 0.123. The number of amides is 1. The molecule has 2 N–H and O–H groups in total. The van der Waals surface area contributed by atoms with Crippen LogP contribution in [0.3, 0.4) is 0 Å². The third-order valence-electron chi connectivity index (χ3n) is 4.59. The molecule has 4 heteroatoms. The SMILES string of the molecule is CCCC1(C(=O)NCCCN2CCCC2)CCNC1. The second kappa shape index (κ2) is 7.25. The van der Waals surface area contributed by atoms with E-state index in [0.29, 0.717) is 0 Å². The van der Waals surface area contributed by atoms with Crippen LogP contribution in [0.4, 0.5) is 0 Å². The predicted molar refractivity (Wildman–Crippen MR) is 78.1 cm³/mol. The van der Waals surface area contributed by atoms with Crippen LogP contribution >= 0.6 is 0 Å². The van der Waals surface area contributed by atoms with Gasteiger partial charge in [0.2, 0.25) is 5.91 Å². The van der Waals surface area contributed by atoms with Gasteiger partial charge in [0.05, 0.1) is 5.41 Å². The summed E-state index contributed by atoms with van der Waals surface area (Å²) in [4.78, 5) is 14.9. The molecule has 2 aliphatic heterocycles. The van der Waals surface area contributed by atoms with Crippen LogP contribution in [-0.4, -0.2) is 50.1 Å². The van der Waals surface area contributed by atoms with Crippen molar-refractivity contribution in [2.75, 3.05) is 39.3 Å². The van der Waals surface area contributed by atoms with Crippen molar-refractivity contribution in [1.82, 2.24) is 15.5 Å². The number of carbonyl (C=O) groups is 1. The van der Waals surface area contributed by atoms with Crippen LogP contribution in [0, 0.1) is 5.41 Å². The molecule has 2 fully saturated rings. The summed E-state index contributed by atoms with van der Waals surface area (Å²) >= 11 is 0. The molecule has 0 aromatic rings. The lowest BCUT2D eigenvalue weighted by Crippen LogP contribution is -2.43. The second-order valence-electron chi connectivity index (χ2n) is 6.12. The zero-order valence-electron chi connectivity index (χ0n) is 12.3. The van der Waals surface area contributed by atoms with E-state index in [1.54, 1.807) is 0 Å². The van der Waals surface area contributed by atoms with Gasteiger partial charge in [-0.05, 0) is 58.3 Å². The van der Waals surface area contributed by atoms with Gasteiger partial charge < -0.3 is 15.5 Å². The Hall–Kier alpha value is -0.610. The van der Waals surface area contributed by atoms with Crippen molar-refractivity contribution in [3.8, 4) is 0 Å². The molecular formula is C15H29N3O. The first-order chi connectivity index (χ1) is 9.27. The van der Waals surface area contributed by atoms with E-state index in [1.807, 2.05) is 0 Å². The van der Waals surface area contributed by atoms with Crippen LogP contribution < -0.4 is 10.6 Å². The zero-order chi connectivity index (χ0) is 13.6.